The van der Waals surface area contributed by atoms with Crippen LogP contribution >= 0.6 is 0 Å². The van der Waals surface area contributed by atoms with Crippen molar-refractivity contribution < 1.29 is 24.5 Å². The zero-order valence-corrected chi connectivity index (χ0v) is 37.1. The van der Waals surface area contributed by atoms with Crippen LogP contribution in [0.15, 0.2) is 12.2 Å². The van der Waals surface area contributed by atoms with E-state index in [4.69, 9.17) is 4.74 Å². The summed E-state index contributed by atoms with van der Waals surface area (Å²) in [5, 5.41) is 23.7. The second kappa shape index (κ2) is 43.7. The Kier molecular flexibility index (Phi) is 42.6. The first kappa shape index (κ1) is 53.6. The minimum atomic E-state index is -0.784. The molecule has 0 saturated heterocycles. The molecule has 0 bridgehead atoms. The van der Waals surface area contributed by atoms with Gasteiger partial charge in [-0.1, -0.05) is 219 Å². The molecule has 0 heterocycles. The van der Waals surface area contributed by atoms with E-state index in [1.807, 2.05) is 0 Å². The second-order valence-electron chi connectivity index (χ2n) is 16.9. The first-order valence-corrected chi connectivity index (χ1v) is 24.4. The highest BCUT2D eigenvalue weighted by Crippen LogP contribution is 2.18. The van der Waals surface area contributed by atoms with Crippen LogP contribution in [-0.2, 0) is 14.3 Å². The molecule has 326 valence electrons. The van der Waals surface area contributed by atoms with Gasteiger partial charge in [0.25, 0.3) is 0 Å². The van der Waals surface area contributed by atoms with Crippen molar-refractivity contribution in [2.24, 2.45) is 0 Å². The van der Waals surface area contributed by atoms with Crippen LogP contribution in [0, 0.1) is 0 Å². The molecule has 0 aliphatic rings. The predicted molar refractivity (Wildman–Crippen MR) is 237 cm³/mol. The molecule has 0 fully saturated rings. The van der Waals surface area contributed by atoms with Gasteiger partial charge in [0, 0.05) is 6.42 Å². The van der Waals surface area contributed by atoms with E-state index in [-0.39, 0.29) is 24.9 Å². The maximum atomic E-state index is 13.1. The number of amides is 1. The Balaban J connectivity index is 4.41. The number of carbonyl (C=O) groups excluding carboxylic acids is 2. The number of hydrogen-bond acceptors (Lipinski definition) is 5. The van der Waals surface area contributed by atoms with Gasteiger partial charge >= 0.3 is 5.97 Å². The summed E-state index contributed by atoms with van der Waals surface area (Å²) in [7, 11) is 0. The normalized spacial score (nSPS) is 13.3. The van der Waals surface area contributed by atoms with E-state index < -0.39 is 18.2 Å². The molecular weight excluding hydrogens is 683 g/mol. The van der Waals surface area contributed by atoms with E-state index in [0.29, 0.717) is 19.3 Å². The van der Waals surface area contributed by atoms with Gasteiger partial charge in [0.1, 0.15) is 6.10 Å². The van der Waals surface area contributed by atoms with Crippen LogP contribution in [0.5, 0.6) is 0 Å². The minimum absolute atomic E-state index is 0.0724. The molecule has 0 aromatic rings. The summed E-state index contributed by atoms with van der Waals surface area (Å²) in [6, 6.07) is -0.698. The fourth-order valence-electron chi connectivity index (χ4n) is 7.61. The first-order valence-electron chi connectivity index (χ1n) is 24.4. The third kappa shape index (κ3) is 39.2. The van der Waals surface area contributed by atoms with E-state index in [1.165, 1.54) is 154 Å². The standard InChI is InChI=1S/C49H95NO5/c1-4-7-10-13-16-19-21-23-24-26-28-30-33-36-39-42-49(54)55-45(40-37-34-31-18-15-12-9-6-3)43-48(53)50-46(44-51)47(52)41-38-35-32-29-27-25-22-20-17-14-11-8-5-2/h12,15,45-47,51-52H,4-11,13-14,16-44H2,1-3H3,(H,50,53)/b15-12-. The van der Waals surface area contributed by atoms with E-state index in [0.717, 1.165) is 64.2 Å². The van der Waals surface area contributed by atoms with Gasteiger partial charge < -0.3 is 20.3 Å². The zero-order chi connectivity index (χ0) is 40.3. The molecule has 3 atom stereocenters. The lowest BCUT2D eigenvalue weighted by atomic mass is 10.0. The fourth-order valence-corrected chi connectivity index (χ4v) is 7.61. The van der Waals surface area contributed by atoms with Gasteiger partial charge in [-0.05, 0) is 44.9 Å². The van der Waals surface area contributed by atoms with Crippen molar-refractivity contribution in [3.8, 4) is 0 Å². The number of ether oxygens (including phenoxy) is 1. The number of hydrogen-bond donors (Lipinski definition) is 3. The SMILES string of the molecule is CCC/C=C\CCCCCC(CC(=O)NC(CO)C(O)CCCCCCCCCCCCCCC)OC(=O)CCCCCCCCCCCCCCCCC. The summed E-state index contributed by atoms with van der Waals surface area (Å²) >= 11 is 0. The highest BCUT2D eigenvalue weighted by molar-refractivity contribution is 5.77. The van der Waals surface area contributed by atoms with Crippen molar-refractivity contribution in [2.45, 2.75) is 283 Å². The Morgan fingerprint density at radius 1 is 0.509 bits per heavy atom. The van der Waals surface area contributed by atoms with Crippen molar-refractivity contribution in [3.63, 3.8) is 0 Å². The van der Waals surface area contributed by atoms with Crippen molar-refractivity contribution in [1.82, 2.24) is 5.32 Å². The molecule has 1 amide bonds. The molecule has 55 heavy (non-hydrogen) atoms. The van der Waals surface area contributed by atoms with E-state index in [2.05, 4.69) is 38.2 Å². The monoisotopic (exact) mass is 778 g/mol. The maximum Gasteiger partial charge on any atom is 0.306 e. The molecule has 0 aromatic heterocycles. The molecule has 6 nitrogen and oxygen atoms in total. The van der Waals surface area contributed by atoms with Gasteiger partial charge in [0.2, 0.25) is 5.91 Å². The Morgan fingerprint density at radius 3 is 1.36 bits per heavy atom. The van der Waals surface area contributed by atoms with Gasteiger partial charge in [-0.2, -0.15) is 0 Å². The maximum absolute atomic E-state index is 13.1. The van der Waals surface area contributed by atoms with Crippen LogP contribution < -0.4 is 5.32 Å². The average molecular weight is 778 g/mol. The lowest BCUT2D eigenvalue weighted by molar-refractivity contribution is -0.151. The van der Waals surface area contributed by atoms with Crippen LogP contribution in [0.1, 0.15) is 265 Å². The van der Waals surface area contributed by atoms with Gasteiger partial charge in [0.05, 0.1) is 25.2 Å². The summed E-state index contributed by atoms with van der Waals surface area (Å²) in [6.45, 7) is 6.42. The van der Waals surface area contributed by atoms with Crippen molar-refractivity contribution in [3.05, 3.63) is 12.2 Å². The Bertz CT molecular complexity index is 832. The van der Waals surface area contributed by atoms with Gasteiger partial charge in [-0.25, -0.2) is 0 Å². The number of rotatable bonds is 44. The molecule has 6 heteroatoms. The van der Waals surface area contributed by atoms with Crippen LogP contribution in [0.4, 0.5) is 0 Å². The minimum Gasteiger partial charge on any atom is -0.462 e. The molecule has 3 unspecified atom stereocenters. The summed E-state index contributed by atoms with van der Waals surface area (Å²) in [5.41, 5.74) is 0. The highest BCUT2D eigenvalue weighted by atomic mass is 16.5. The highest BCUT2D eigenvalue weighted by Gasteiger charge is 2.24. The molecule has 0 aromatic carbocycles. The molecule has 0 saturated carbocycles. The molecule has 0 aliphatic heterocycles. The van der Waals surface area contributed by atoms with Crippen LogP contribution in [-0.4, -0.2) is 46.9 Å². The van der Waals surface area contributed by atoms with Crippen molar-refractivity contribution in [1.29, 1.82) is 0 Å². The van der Waals surface area contributed by atoms with Crippen molar-refractivity contribution in [2.75, 3.05) is 6.61 Å². The topological polar surface area (TPSA) is 95.9 Å². The lowest BCUT2D eigenvalue weighted by Crippen LogP contribution is -2.46. The first-order chi connectivity index (χ1) is 27.0. The van der Waals surface area contributed by atoms with E-state index in [1.54, 1.807) is 0 Å². The number of aliphatic hydroxyl groups is 2. The molecule has 0 rings (SSSR count). The van der Waals surface area contributed by atoms with Crippen LogP contribution in [0.3, 0.4) is 0 Å². The molecule has 3 N–H and O–H groups in total. The number of unbranched alkanes of at least 4 members (excludes halogenated alkanes) is 30. The summed E-state index contributed by atoms with van der Waals surface area (Å²) in [4.78, 5) is 26.0. The number of carbonyl (C=O) groups is 2. The Morgan fingerprint density at radius 2 is 0.909 bits per heavy atom. The number of nitrogens with one attached hydrogen (secondary N) is 1. The van der Waals surface area contributed by atoms with Gasteiger partial charge in [0.15, 0.2) is 0 Å². The van der Waals surface area contributed by atoms with Gasteiger partial charge in [-0.15, -0.1) is 0 Å². The number of aliphatic hydroxyl groups excluding tert-OH is 2. The van der Waals surface area contributed by atoms with E-state index in [9.17, 15) is 19.8 Å². The van der Waals surface area contributed by atoms with Gasteiger partial charge in [-0.3, -0.25) is 9.59 Å². The molecule has 0 aliphatic carbocycles. The zero-order valence-electron chi connectivity index (χ0n) is 37.1. The summed E-state index contributed by atoms with van der Waals surface area (Å²) in [6.07, 6.45) is 47.1. The summed E-state index contributed by atoms with van der Waals surface area (Å²) < 4.78 is 5.89. The van der Waals surface area contributed by atoms with Crippen molar-refractivity contribution >= 4 is 11.9 Å². The summed E-state index contributed by atoms with van der Waals surface area (Å²) in [5.74, 6) is -0.480. The fraction of sp³-hybridized carbons (Fsp3) is 0.918. The molecular formula is C49H95NO5. The predicted octanol–water partition coefficient (Wildman–Crippen LogP) is 14.2. The molecule has 0 spiro atoms. The van der Waals surface area contributed by atoms with E-state index >= 15 is 0 Å². The third-order valence-electron chi connectivity index (χ3n) is 11.3. The largest absolute Gasteiger partial charge is 0.462 e. The van der Waals surface area contributed by atoms with Crippen LogP contribution in [0.25, 0.3) is 0 Å². The lowest BCUT2D eigenvalue weighted by Gasteiger charge is -2.24. The number of allylic oxidation sites excluding steroid dienone is 2. The Hall–Kier alpha value is -1.40. The van der Waals surface area contributed by atoms with Crippen LogP contribution in [0.2, 0.25) is 0 Å². The number of esters is 1. The second-order valence-corrected chi connectivity index (χ2v) is 16.9. The molecule has 0 radical (unpaired) electrons. The smallest absolute Gasteiger partial charge is 0.306 e. The third-order valence-corrected chi connectivity index (χ3v) is 11.3. The average Bonchev–Trinajstić information content (AvgIpc) is 3.18. The Labute approximate surface area is 342 Å². The quantitative estimate of drug-likeness (QED) is 0.0325.